The lowest BCUT2D eigenvalue weighted by Gasteiger charge is -2.14. The number of nitrogens with one attached hydrogen (secondary N) is 2. The molecular weight excluding hydrogens is 476 g/mol. The second-order valence-corrected chi connectivity index (χ2v) is 9.14. The number of rotatable bonds is 5. The molecule has 1 aliphatic rings. The minimum Gasteiger partial charge on any atom is -0.471 e. The molecule has 2 N–H and O–H groups in total. The second kappa shape index (κ2) is 9.09. The Morgan fingerprint density at radius 3 is 2.82 bits per heavy atom. The molecule has 0 bridgehead atoms. The van der Waals surface area contributed by atoms with Crippen LogP contribution in [0.2, 0.25) is 5.02 Å². The van der Waals surface area contributed by atoms with Gasteiger partial charge in [0.1, 0.15) is 5.82 Å². The van der Waals surface area contributed by atoms with E-state index in [1.165, 1.54) is 0 Å². The Morgan fingerprint density at radius 1 is 1.24 bits per heavy atom. The van der Waals surface area contributed by atoms with E-state index in [2.05, 4.69) is 15.6 Å². The molecule has 0 saturated carbocycles. The molecule has 33 heavy (non-hydrogen) atoms. The maximum absolute atomic E-state index is 6.59. The predicted molar refractivity (Wildman–Crippen MR) is 138 cm³/mol. The number of pyridine rings is 1. The van der Waals surface area contributed by atoms with Crippen molar-refractivity contribution in [1.29, 1.82) is 0 Å². The fourth-order valence-electron chi connectivity index (χ4n) is 3.89. The molecule has 5 rings (SSSR count). The number of anilines is 2. The van der Waals surface area contributed by atoms with E-state index < -0.39 is 0 Å². The van der Waals surface area contributed by atoms with Crippen molar-refractivity contribution in [2.45, 2.75) is 19.8 Å². The molecule has 0 fully saturated rings. The summed E-state index contributed by atoms with van der Waals surface area (Å²) in [6.07, 6.45) is 3.47. The van der Waals surface area contributed by atoms with E-state index in [0.29, 0.717) is 21.9 Å². The number of hydrogen-bond acceptors (Lipinski definition) is 7. The van der Waals surface area contributed by atoms with Gasteiger partial charge in [-0.05, 0) is 56.2 Å². The van der Waals surface area contributed by atoms with Crippen molar-refractivity contribution in [3.63, 3.8) is 0 Å². The third-order valence-electron chi connectivity index (χ3n) is 5.37. The number of halogens is 1. The van der Waals surface area contributed by atoms with Crippen LogP contribution in [0.3, 0.4) is 0 Å². The van der Waals surface area contributed by atoms with Gasteiger partial charge in [0, 0.05) is 24.4 Å². The largest absolute Gasteiger partial charge is 0.471 e. The molecule has 0 radical (unpaired) electrons. The molecule has 1 aliphatic carbocycles. The summed E-state index contributed by atoms with van der Waals surface area (Å²) in [5, 5.41) is 12.8. The summed E-state index contributed by atoms with van der Waals surface area (Å²) in [6.45, 7) is 2.40. The van der Waals surface area contributed by atoms with Crippen molar-refractivity contribution in [3.05, 3.63) is 58.9 Å². The van der Waals surface area contributed by atoms with Gasteiger partial charge in [0.25, 0.3) is 5.17 Å². The van der Waals surface area contributed by atoms with Gasteiger partial charge >= 0.3 is 0 Å². The van der Waals surface area contributed by atoms with Crippen LogP contribution in [-0.4, -0.2) is 38.6 Å². The van der Waals surface area contributed by atoms with Crippen molar-refractivity contribution in [2.75, 3.05) is 24.3 Å². The van der Waals surface area contributed by atoms with E-state index in [1.807, 2.05) is 61.2 Å². The average molecular weight is 497 g/mol. The van der Waals surface area contributed by atoms with Gasteiger partial charge in [-0.2, -0.15) is 5.10 Å². The van der Waals surface area contributed by atoms with Gasteiger partial charge in [-0.15, -0.1) is 0 Å². The van der Waals surface area contributed by atoms with Crippen LogP contribution in [0, 0.1) is 0 Å². The minimum absolute atomic E-state index is 0.319. The summed E-state index contributed by atoms with van der Waals surface area (Å²) in [5.74, 6) is 0.809. The number of aryl methyl sites for hydroxylation is 1. The third kappa shape index (κ3) is 4.07. The standard InChI is InChI=1S/C23H21ClN6OS2/c1-3-31-23(32)28-22-27-16-10-9-14-19(13-8-11-18(25-2)26-12-13)29-30(20(14)21(16)33-22)17-7-5-4-6-15(17)24/h4-8,11-12H,3,9-10H2,1-2H3,(H,25,26)(H,27,28,32). The van der Waals surface area contributed by atoms with Crippen LogP contribution in [0.5, 0.6) is 0 Å². The number of para-hydroxylation sites is 1. The molecule has 1 aromatic carbocycles. The van der Waals surface area contributed by atoms with Crippen molar-refractivity contribution in [1.82, 2.24) is 19.7 Å². The van der Waals surface area contributed by atoms with Crippen LogP contribution < -0.4 is 10.6 Å². The van der Waals surface area contributed by atoms with Crippen LogP contribution in [0.25, 0.3) is 27.5 Å². The highest BCUT2D eigenvalue weighted by Gasteiger charge is 2.30. The Hall–Kier alpha value is -3.01. The van der Waals surface area contributed by atoms with Crippen LogP contribution in [0.1, 0.15) is 18.2 Å². The van der Waals surface area contributed by atoms with Gasteiger partial charge in [0.15, 0.2) is 5.13 Å². The topological polar surface area (TPSA) is 76.9 Å². The SMILES string of the molecule is CCOC(=S)Nc1nc2c(s1)-c1c(c(-c3ccc(NC)nc3)nn1-c1ccccc1Cl)CC2. The number of hydrogen-bond donors (Lipinski definition) is 2. The zero-order valence-corrected chi connectivity index (χ0v) is 20.4. The highest BCUT2D eigenvalue weighted by molar-refractivity contribution is 7.80. The van der Waals surface area contributed by atoms with Crippen molar-refractivity contribution >= 4 is 51.3 Å². The van der Waals surface area contributed by atoms with Crippen LogP contribution in [-0.2, 0) is 17.6 Å². The molecular formula is C23H21ClN6OS2. The molecule has 3 aromatic heterocycles. The lowest BCUT2D eigenvalue weighted by Crippen LogP contribution is -2.12. The summed E-state index contributed by atoms with van der Waals surface area (Å²) < 4.78 is 7.31. The number of ether oxygens (including phenoxy) is 1. The maximum atomic E-state index is 6.59. The van der Waals surface area contributed by atoms with Gasteiger partial charge in [-0.3, -0.25) is 5.32 Å². The van der Waals surface area contributed by atoms with Crippen molar-refractivity contribution < 1.29 is 4.74 Å². The van der Waals surface area contributed by atoms with Gasteiger partial charge in [0.05, 0.1) is 39.3 Å². The van der Waals surface area contributed by atoms with Crippen molar-refractivity contribution in [3.8, 4) is 27.5 Å². The van der Waals surface area contributed by atoms with Crippen LogP contribution >= 0.6 is 35.2 Å². The lowest BCUT2D eigenvalue weighted by atomic mass is 9.95. The minimum atomic E-state index is 0.319. The molecule has 0 aliphatic heterocycles. The quantitative estimate of drug-likeness (QED) is 0.349. The van der Waals surface area contributed by atoms with E-state index >= 15 is 0 Å². The Balaban J connectivity index is 1.67. The fourth-order valence-corrected chi connectivity index (χ4v) is 5.45. The third-order valence-corrected chi connectivity index (χ3v) is 6.93. The number of nitrogens with zero attached hydrogens (tertiary/aromatic N) is 4. The van der Waals surface area contributed by atoms with Crippen molar-refractivity contribution in [2.24, 2.45) is 0 Å². The molecule has 0 atom stereocenters. The summed E-state index contributed by atoms with van der Waals surface area (Å²) in [4.78, 5) is 10.3. The van der Waals surface area contributed by atoms with Crippen LogP contribution in [0.4, 0.5) is 10.9 Å². The van der Waals surface area contributed by atoms with E-state index in [0.717, 1.165) is 57.4 Å². The molecule has 10 heteroatoms. The van der Waals surface area contributed by atoms with E-state index in [9.17, 15) is 0 Å². The Morgan fingerprint density at radius 2 is 2.09 bits per heavy atom. The summed E-state index contributed by atoms with van der Waals surface area (Å²) in [5.41, 5.74) is 5.85. The van der Waals surface area contributed by atoms with Gasteiger partial charge in [-0.1, -0.05) is 35.1 Å². The first kappa shape index (κ1) is 21.8. The number of benzene rings is 1. The highest BCUT2D eigenvalue weighted by atomic mass is 35.5. The summed E-state index contributed by atoms with van der Waals surface area (Å²) in [6, 6.07) is 11.7. The Kier molecular flexibility index (Phi) is 6.01. The van der Waals surface area contributed by atoms with E-state index in [1.54, 1.807) is 11.3 Å². The fraction of sp³-hybridized carbons (Fsp3) is 0.217. The number of aromatic nitrogens is 4. The molecule has 0 unspecified atom stereocenters. The van der Waals surface area contributed by atoms with Crippen LogP contribution in [0.15, 0.2) is 42.6 Å². The zero-order valence-electron chi connectivity index (χ0n) is 18.1. The average Bonchev–Trinajstić information content (AvgIpc) is 3.40. The molecule has 3 heterocycles. The van der Waals surface area contributed by atoms with E-state index in [-0.39, 0.29) is 0 Å². The van der Waals surface area contributed by atoms with E-state index in [4.69, 9.17) is 38.6 Å². The van der Waals surface area contributed by atoms with Gasteiger partial charge < -0.3 is 10.1 Å². The zero-order chi connectivity index (χ0) is 22.9. The lowest BCUT2D eigenvalue weighted by molar-refractivity contribution is 0.335. The maximum Gasteiger partial charge on any atom is 0.262 e. The predicted octanol–water partition coefficient (Wildman–Crippen LogP) is 5.58. The number of thiocarbonyl (C=S) groups is 1. The molecule has 0 amide bonds. The molecule has 7 nitrogen and oxygen atoms in total. The monoisotopic (exact) mass is 496 g/mol. The first-order valence-electron chi connectivity index (χ1n) is 10.5. The second-order valence-electron chi connectivity index (χ2n) is 7.36. The Bertz CT molecular complexity index is 1330. The molecule has 168 valence electrons. The highest BCUT2D eigenvalue weighted by Crippen LogP contribution is 2.44. The summed E-state index contributed by atoms with van der Waals surface area (Å²) in [7, 11) is 1.85. The van der Waals surface area contributed by atoms with Gasteiger partial charge in [-0.25, -0.2) is 14.6 Å². The first-order valence-corrected chi connectivity index (χ1v) is 12.1. The normalized spacial score (nSPS) is 12.1. The van der Waals surface area contributed by atoms with Gasteiger partial charge in [0.2, 0.25) is 0 Å². The summed E-state index contributed by atoms with van der Waals surface area (Å²) >= 11 is 13.4. The number of fused-ring (bicyclic) bond motifs is 3. The Labute approximate surface area is 205 Å². The molecule has 4 aromatic rings. The molecule has 0 saturated heterocycles. The smallest absolute Gasteiger partial charge is 0.262 e. The number of thiazole rings is 1. The molecule has 0 spiro atoms. The first-order chi connectivity index (χ1) is 16.1.